The quantitative estimate of drug-likeness (QED) is 0.784. The molecule has 27 heavy (non-hydrogen) atoms. The molecule has 6 heteroatoms. The molecule has 5 nitrogen and oxygen atoms in total. The molecule has 0 N–H and O–H groups in total. The normalized spacial score (nSPS) is 14.9. The predicted octanol–water partition coefficient (Wildman–Crippen LogP) is 3.70. The Morgan fingerprint density at radius 2 is 1.81 bits per heavy atom. The highest BCUT2D eigenvalue weighted by Crippen LogP contribution is 2.26. The number of hydrogen-bond donors (Lipinski definition) is 0. The molecule has 1 amide bonds. The molecule has 0 spiro atoms. The number of aryl methyl sites for hydroxylation is 1. The van der Waals surface area contributed by atoms with Gasteiger partial charge in [0, 0.05) is 44.0 Å². The molecule has 0 atom stereocenters. The Hall–Kier alpha value is -2.01. The molecule has 1 aliphatic rings. The standard InChI is InChI=1S/C21H29ClN4O/c1-15(2)14-26-17(4)18(16(3)23-26)13-21(27)25-11-9-24(10-12-25)20-8-6-5-7-19(20)22/h5-8,15H,9-14H2,1-4H3. The van der Waals surface area contributed by atoms with Crippen molar-refractivity contribution in [3.05, 3.63) is 46.2 Å². The Kier molecular flexibility index (Phi) is 6.10. The Balaban J connectivity index is 1.62. The van der Waals surface area contributed by atoms with Gasteiger partial charge in [0.1, 0.15) is 0 Å². The van der Waals surface area contributed by atoms with Gasteiger partial charge in [-0.2, -0.15) is 5.10 Å². The van der Waals surface area contributed by atoms with Crippen molar-refractivity contribution < 1.29 is 4.79 Å². The Morgan fingerprint density at radius 1 is 1.15 bits per heavy atom. The van der Waals surface area contributed by atoms with Gasteiger partial charge in [0.15, 0.2) is 0 Å². The molecule has 0 unspecified atom stereocenters. The fourth-order valence-corrected chi connectivity index (χ4v) is 3.94. The predicted molar refractivity (Wildman–Crippen MR) is 110 cm³/mol. The minimum atomic E-state index is 0.184. The van der Waals surface area contributed by atoms with Crippen molar-refractivity contribution >= 4 is 23.2 Å². The number of rotatable bonds is 5. The first-order valence-electron chi connectivity index (χ1n) is 9.67. The number of hydrogen-bond acceptors (Lipinski definition) is 3. The number of piperazine rings is 1. The second kappa shape index (κ2) is 8.34. The summed E-state index contributed by atoms with van der Waals surface area (Å²) in [5, 5.41) is 5.40. The molecule has 1 saturated heterocycles. The smallest absolute Gasteiger partial charge is 0.227 e. The molecular formula is C21H29ClN4O. The summed E-state index contributed by atoms with van der Waals surface area (Å²) in [4.78, 5) is 17.1. The summed E-state index contributed by atoms with van der Waals surface area (Å²) >= 11 is 6.31. The summed E-state index contributed by atoms with van der Waals surface area (Å²) in [6.07, 6.45) is 0.432. The van der Waals surface area contributed by atoms with Crippen LogP contribution in [0.1, 0.15) is 30.8 Å². The molecule has 2 aromatic rings. The molecule has 1 aromatic carbocycles. The van der Waals surface area contributed by atoms with E-state index in [1.807, 2.05) is 40.8 Å². The van der Waals surface area contributed by atoms with E-state index in [1.165, 1.54) is 0 Å². The second-order valence-electron chi connectivity index (χ2n) is 7.72. The van der Waals surface area contributed by atoms with Crippen LogP contribution in [0.15, 0.2) is 24.3 Å². The molecule has 146 valence electrons. The minimum Gasteiger partial charge on any atom is -0.367 e. The average molecular weight is 389 g/mol. The number of anilines is 1. The highest BCUT2D eigenvalue weighted by Gasteiger charge is 2.24. The molecule has 2 heterocycles. The maximum atomic E-state index is 12.9. The van der Waals surface area contributed by atoms with Crippen LogP contribution in [0.5, 0.6) is 0 Å². The Bertz CT molecular complexity index is 807. The largest absolute Gasteiger partial charge is 0.367 e. The van der Waals surface area contributed by atoms with Gasteiger partial charge in [-0.3, -0.25) is 9.48 Å². The summed E-state index contributed by atoms with van der Waals surface area (Å²) in [7, 11) is 0. The molecule has 1 aliphatic heterocycles. The first-order valence-corrected chi connectivity index (χ1v) is 10.0. The number of nitrogens with zero attached hydrogens (tertiary/aromatic N) is 4. The van der Waals surface area contributed by atoms with Gasteiger partial charge in [-0.1, -0.05) is 37.6 Å². The summed E-state index contributed by atoms with van der Waals surface area (Å²) in [6, 6.07) is 7.89. The lowest BCUT2D eigenvalue weighted by molar-refractivity contribution is -0.130. The maximum absolute atomic E-state index is 12.9. The fourth-order valence-electron chi connectivity index (χ4n) is 3.68. The van der Waals surface area contributed by atoms with E-state index >= 15 is 0 Å². The number of aromatic nitrogens is 2. The first kappa shape index (κ1) is 19.7. The maximum Gasteiger partial charge on any atom is 0.227 e. The third-order valence-electron chi connectivity index (χ3n) is 5.22. The Morgan fingerprint density at radius 3 is 2.44 bits per heavy atom. The summed E-state index contributed by atoms with van der Waals surface area (Å²) in [6.45, 7) is 12.4. The van der Waals surface area contributed by atoms with Crippen LogP contribution in [0.25, 0.3) is 0 Å². The zero-order valence-corrected chi connectivity index (χ0v) is 17.5. The number of amides is 1. The van der Waals surface area contributed by atoms with Crippen LogP contribution in [0.2, 0.25) is 5.02 Å². The number of carbonyl (C=O) groups is 1. The van der Waals surface area contributed by atoms with Crippen molar-refractivity contribution in [3.63, 3.8) is 0 Å². The highest BCUT2D eigenvalue weighted by molar-refractivity contribution is 6.33. The van der Waals surface area contributed by atoms with Crippen molar-refractivity contribution in [2.24, 2.45) is 5.92 Å². The van der Waals surface area contributed by atoms with E-state index in [-0.39, 0.29) is 5.91 Å². The number of carbonyl (C=O) groups excluding carboxylic acids is 1. The van der Waals surface area contributed by atoms with E-state index in [0.717, 1.165) is 60.4 Å². The number of benzene rings is 1. The monoisotopic (exact) mass is 388 g/mol. The van der Waals surface area contributed by atoms with Crippen LogP contribution in [-0.2, 0) is 17.8 Å². The zero-order chi connectivity index (χ0) is 19.6. The van der Waals surface area contributed by atoms with Gasteiger partial charge in [0.25, 0.3) is 0 Å². The molecule has 1 fully saturated rings. The molecule has 0 saturated carbocycles. The van der Waals surface area contributed by atoms with Crippen LogP contribution in [0.4, 0.5) is 5.69 Å². The average Bonchev–Trinajstić information content (AvgIpc) is 2.89. The summed E-state index contributed by atoms with van der Waals surface area (Å²) in [5.74, 6) is 0.716. The van der Waals surface area contributed by atoms with E-state index in [9.17, 15) is 4.79 Å². The lowest BCUT2D eigenvalue weighted by Gasteiger charge is -2.36. The molecule has 0 aliphatic carbocycles. The number of para-hydroxylation sites is 1. The lowest BCUT2D eigenvalue weighted by Crippen LogP contribution is -2.49. The molecule has 3 rings (SSSR count). The van der Waals surface area contributed by atoms with Crippen LogP contribution in [0.3, 0.4) is 0 Å². The SMILES string of the molecule is Cc1nn(CC(C)C)c(C)c1CC(=O)N1CCN(c2ccccc2Cl)CC1. The Labute approximate surface area is 166 Å². The van der Waals surface area contributed by atoms with E-state index in [1.54, 1.807) is 0 Å². The van der Waals surface area contributed by atoms with E-state index < -0.39 is 0 Å². The van der Waals surface area contributed by atoms with Crippen molar-refractivity contribution in [1.82, 2.24) is 14.7 Å². The van der Waals surface area contributed by atoms with Crippen LogP contribution in [0, 0.1) is 19.8 Å². The van der Waals surface area contributed by atoms with Gasteiger partial charge in [-0.15, -0.1) is 0 Å². The minimum absolute atomic E-state index is 0.184. The lowest BCUT2D eigenvalue weighted by atomic mass is 10.1. The third kappa shape index (κ3) is 4.46. The molecule has 1 aromatic heterocycles. The fraction of sp³-hybridized carbons (Fsp3) is 0.524. The molecular weight excluding hydrogens is 360 g/mol. The van der Waals surface area contributed by atoms with Crippen molar-refractivity contribution in [2.45, 2.75) is 40.7 Å². The summed E-state index contributed by atoms with van der Waals surface area (Å²) < 4.78 is 2.04. The van der Waals surface area contributed by atoms with E-state index in [2.05, 4.69) is 30.8 Å². The topological polar surface area (TPSA) is 41.4 Å². The highest BCUT2D eigenvalue weighted by atomic mass is 35.5. The van der Waals surface area contributed by atoms with Crippen LogP contribution < -0.4 is 4.90 Å². The first-order chi connectivity index (χ1) is 12.9. The second-order valence-corrected chi connectivity index (χ2v) is 8.13. The van der Waals surface area contributed by atoms with Crippen LogP contribution >= 0.6 is 11.6 Å². The number of halogens is 1. The molecule has 0 radical (unpaired) electrons. The van der Waals surface area contributed by atoms with Gasteiger partial charge in [0.2, 0.25) is 5.91 Å². The third-order valence-corrected chi connectivity index (χ3v) is 5.54. The van der Waals surface area contributed by atoms with Gasteiger partial charge in [-0.25, -0.2) is 0 Å². The van der Waals surface area contributed by atoms with Crippen molar-refractivity contribution in [2.75, 3.05) is 31.1 Å². The van der Waals surface area contributed by atoms with Gasteiger partial charge >= 0.3 is 0 Å². The van der Waals surface area contributed by atoms with Gasteiger partial charge in [0.05, 0.1) is 22.8 Å². The summed E-state index contributed by atoms with van der Waals surface area (Å²) in [5.41, 5.74) is 4.21. The zero-order valence-electron chi connectivity index (χ0n) is 16.7. The van der Waals surface area contributed by atoms with E-state index in [0.29, 0.717) is 12.3 Å². The van der Waals surface area contributed by atoms with Crippen molar-refractivity contribution in [3.8, 4) is 0 Å². The van der Waals surface area contributed by atoms with Gasteiger partial charge < -0.3 is 9.80 Å². The van der Waals surface area contributed by atoms with Gasteiger partial charge in [-0.05, 0) is 31.9 Å². The molecule has 0 bridgehead atoms. The van der Waals surface area contributed by atoms with E-state index in [4.69, 9.17) is 11.6 Å². The van der Waals surface area contributed by atoms with Crippen molar-refractivity contribution in [1.29, 1.82) is 0 Å². The van der Waals surface area contributed by atoms with Crippen LogP contribution in [-0.4, -0.2) is 46.8 Å².